The lowest BCUT2D eigenvalue weighted by Gasteiger charge is -2.23. The summed E-state index contributed by atoms with van der Waals surface area (Å²) in [4.78, 5) is 12.4. The Labute approximate surface area is 162 Å². The van der Waals surface area contributed by atoms with Crippen LogP contribution in [0.5, 0.6) is 0 Å². The van der Waals surface area contributed by atoms with Crippen molar-refractivity contribution in [2.24, 2.45) is 0 Å². The van der Waals surface area contributed by atoms with Crippen molar-refractivity contribution < 1.29 is 26.4 Å². The summed E-state index contributed by atoms with van der Waals surface area (Å²) in [6, 6.07) is 10.7. The standard InChI is InChI=1S/C19H21F3N2O3S/c1-13(2)16-6-4-5-7-17(16)23-18(25)12-24(28(3,26)27)15-10-8-14(9-11-15)19(20,21)22/h4-11,13H,12H2,1-3H3,(H,23,25). The molecule has 9 heteroatoms. The molecule has 0 aliphatic rings. The second kappa shape index (κ2) is 8.22. The number of hydrogen-bond acceptors (Lipinski definition) is 3. The van der Waals surface area contributed by atoms with Gasteiger partial charge in [-0.1, -0.05) is 32.0 Å². The third kappa shape index (κ3) is 5.48. The molecule has 0 aliphatic carbocycles. The average Bonchev–Trinajstić information content (AvgIpc) is 2.58. The first kappa shape index (κ1) is 21.7. The highest BCUT2D eigenvalue weighted by atomic mass is 32.2. The molecule has 2 aromatic carbocycles. The number of amides is 1. The summed E-state index contributed by atoms with van der Waals surface area (Å²) in [5.41, 5.74) is 0.516. The molecule has 0 bridgehead atoms. The van der Waals surface area contributed by atoms with Gasteiger partial charge in [-0.3, -0.25) is 9.10 Å². The minimum absolute atomic E-state index is 0.0252. The predicted octanol–water partition coefficient (Wildman–Crippen LogP) is 4.23. The van der Waals surface area contributed by atoms with Gasteiger partial charge in [-0.05, 0) is 41.8 Å². The molecule has 0 unspecified atom stereocenters. The van der Waals surface area contributed by atoms with Crippen LogP contribution in [-0.2, 0) is 21.0 Å². The number of anilines is 2. The first-order valence-corrected chi connectivity index (χ1v) is 10.3. The maximum absolute atomic E-state index is 12.7. The Kier molecular flexibility index (Phi) is 6.38. The van der Waals surface area contributed by atoms with E-state index >= 15 is 0 Å². The van der Waals surface area contributed by atoms with E-state index < -0.39 is 34.2 Å². The van der Waals surface area contributed by atoms with E-state index in [2.05, 4.69) is 5.32 Å². The topological polar surface area (TPSA) is 66.5 Å². The van der Waals surface area contributed by atoms with Gasteiger partial charge < -0.3 is 5.32 Å². The average molecular weight is 414 g/mol. The summed E-state index contributed by atoms with van der Waals surface area (Å²) < 4.78 is 63.1. The van der Waals surface area contributed by atoms with E-state index in [1.54, 1.807) is 12.1 Å². The summed E-state index contributed by atoms with van der Waals surface area (Å²) in [5.74, 6) is -0.462. The maximum Gasteiger partial charge on any atom is 0.416 e. The molecule has 2 rings (SSSR count). The zero-order chi connectivity index (χ0) is 21.1. The first-order valence-electron chi connectivity index (χ1n) is 8.43. The number of nitrogens with one attached hydrogen (secondary N) is 1. The van der Waals surface area contributed by atoms with Crippen LogP contribution in [0.4, 0.5) is 24.5 Å². The highest BCUT2D eigenvalue weighted by Crippen LogP contribution is 2.31. The number of hydrogen-bond donors (Lipinski definition) is 1. The minimum Gasteiger partial charge on any atom is -0.324 e. The summed E-state index contributed by atoms with van der Waals surface area (Å²) in [6.45, 7) is 3.35. The SMILES string of the molecule is CC(C)c1ccccc1NC(=O)CN(c1ccc(C(F)(F)F)cc1)S(C)(=O)=O. The van der Waals surface area contributed by atoms with Crippen molar-refractivity contribution in [1.29, 1.82) is 0 Å². The molecule has 2 aromatic rings. The van der Waals surface area contributed by atoms with Crippen LogP contribution < -0.4 is 9.62 Å². The molecular formula is C19H21F3N2O3S. The van der Waals surface area contributed by atoms with Crippen molar-refractivity contribution >= 4 is 27.3 Å². The van der Waals surface area contributed by atoms with Crippen LogP contribution in [0.2, 0.25) is 0 Å². The van der Waals surface area contributed by atoms with Gasteiger partial charge in [0, 0.05) is 5.69 Å². The molecule has 1 N–H and O–H groups in total. The number of rotatable bonds is 6. The van der Waals surface area contributed by atoms with Crippen LogP contribution in [0, 0.1) is 0 Å². The molecule has 1 amide bonds. The van der Waals surface area contributed by atoms with Gasteiger partial charge in [0.2, 0.25) is 15.9 Å². The molecule has 28 heavy (non-hydrogen) atoms. The number of para-hydroxylation sites is 1. The van der Waals surface area contributed by atoms with Gasteiger partial charge >= 0.3 is 6.18 Å². The van der Waals surface area contributed by atoms with E-state index in [9.17, 15) is 26.4 Å². The highest BCUT2D eigenvalue weighted by Gasteiger charge is 2.31. The van der Waals surface area contributed by atoms with Crippen molar-refractivity contribution in [2.45, 2.75) is 25.9 Å². The van der Waals surface area contributed by atoms with Crippen molar-refractivity contribution in [1.82, 2.24) is 0 Å². The van der Waals surface area contributed by atoms with Crippen LogP contribution >= 0.6 is 0 Å². The molecule has 152 valence electrons. The van der Waals surface area contributed by atoms with Crippen molar-refractivity contribution in [3.8, 4) is 0 Å². The number of nitrogens with zero attached hydrogens (tertiary/aromatic N) is 1. The molecule has 0 spiro atoms. The molecule has 0 radical (unpaired) electrons. The summed E-state index contributed by atoms with van der Waals surface area (Å²) in [6.07, 6.45) is -3.65. The number of alkyl halides is 3. The fraction of sp³-hybridized carbons (Fsp3) is 0.316. The van der Waals surface area contributed by atoms with Gasteiger partial charge in [-0.25, -0.2) is 8.42 Å². The van der Waals surface area contributed by atoms with Gasteiger partial charge in [-0.2, -0.15) is 13.2 Å². The molecule has 5 nitrogen and oxygen atoms in total. The predicted molar refractivity (Wildman–Crippen MR) is 103 cm³/mol. The van der Waals surface area contributed by atoms with E-state index in [1.165, 1.54) is 0 Å². The number of benzene rings is 2. The molecule has 0 fully saturated rings. The van der Waals surface area contributed by atoms with Crippen LogP contribution in [0.3, 0.4) is 0 Å². The monoisotopic (exact) mass is 414 g/mol. The molecule has 0 atom stereocenters. The van der Waals surface area contributed by atoms with Crippen LogP contribution in [0.15, 0.2) is 48.5 Å². The van der Waals surface area contributed by atoms with Crippen LogP contribution in [-0.4, -0.2) is 27.1 Å². The Bertz CT molecular complexity index is 940. The number of carbonyl (C=O) groups excluding carboxylic acids is 1. The van der Waals surface area contributed by atoms with E-state index in [0.29, 0.717) is 5.69 Å². The Hall–Kier alpha value is -2.55. The normalized spacial score (nSPS) is 12.1. The zero-order valence-electron chi connectivity index (χ0n) is 15.6. The second-order valence-electron chi connectivity index (χ2n) is 6.60. The molecule has 0 aromatic heterocycles. The van der Waals surface area contributed by atoms with Gasteiger partial charge in [0.25, 0.3) is 0 Å². The number of sulfonamides is 1. The fourth-order valence-corrected chi connectivity index (χ4v) is 3.51. The minimum atomic E-state index is -4.54. The second-order valence-corrected chi connectivity index (χ2v) is 8.51. The van der Waals surface area contributed by atoms with Crippen LogP contribution in [0.25, 0.3) is 0 Å². The maximum atomic E-state index is 12.7. The van der Waals surface area contributed by atoms with Crippen LogP contribution in [0.1, 0.15) is 30.9 Å². The van der Waals surface area contributed by atoms with Crippen molar-refractivity contribution in [2.75, 3.05) is 22.4 Å². The van der Waals surface area contributed by atoms with Gasteiger partial charge in [0.15, 0.2) is 0 Å². The Morgan fingerprint density at radius 2 is 1.64 bits per heavy atom. The molecule has 0 saturated carbocycles. The third-order valence-corrected chi connectivity index (χ3v) is 5.17. The molecule has 0 heterocycles. The van der Waals surface area contributed by atoms with Gasteiger partial charge in [-0.15, -0.1) is 0 Å². The molecule has 0 saturated heterocycles. The van der Waals surface area contributed by atoms with Gasteiger partial charge in [0.1, 0.15) is 6.54 Å². The summed E-state index contributed by atoms with van der Waals surface area (Å²) >= 11 is 0. The first-order chi connectivity index (χ1) is 12.9. The largest absolute Gasteiger partial charge is 0.416 e. The van der Waals surface area contributed by atoms with E-state index in [1.807, 2.05) is 26.0 Å². The van der Waals surface area contributed by atoms with Gasteiger partial charge in [0.05, 0.1) is 17.5 Å². The fourth-order valence-electron chi connectivity index (χ4n) is 2.65. The van der Waals surface area contributed by atoms with E-state index in [4.69, 9.17) is 0 Å². The lowest BCUT2D eigenvalue weighted by atomic mass is 10.0. The lowest BCUT2D eigenvalue weighted by molar-refractivity contribution is -0.137. The van der Waals surface area contributed by atoms with E-state index in [0.717, 1.165) is 40.4 Å². The Morgan fingerprint density at radius 3 is 2.14 bits per heavy atom. The highest BCUT2D eigenvalue weighted by molar-refractivity contribution is 7.92. The molecular weight excluding hydrogens is 393 g/mol. The van der Waals surface area contributed by atoms with E-state index in [-0.39, 0.29) is 11.6 Å². The lowest BCUT2D eigenvalue weighted by Crippen LogP contribution is -2.37. The smallest absolute Gasteiger partial charge is 0.324 e. The zero-order valence-corrected chi connectivity index (χ0v) is 16.4. The Balaban J connectivity index is 2.25. The summed E-state index contributed by atoms with van der Waals surface area (Å²) in [5, 5.41) is 2.67. The number of halogens is 3. The Morgan fingerprint density at radius 1 is 1.07 bits per heavy atom. The number of carbonyl (C=O) groups is 1. The summed E-state index contributed by atoms with van der Waals surface area (Å²) in [7, 11) is -3.89. The quantitative estimate of drug-likeness (QED) is 0.769. The van der Waals surface area contributed by atoms with Crippen molar-refractivity contribution in [3.05, 3.63) is 59.7 Å². The van der Waals surface area contributed by atoms with Crippen molar-refractivity contribution in [3.63, 3.8) is 0 Å². The molecule has 0 aliphatic heterocycles. The third-order valence-electron chi connectivity index (χ3n) is 4.03.